The van der Waals surface area contributed by atoms with Crippen molar-refractivity contribution in [3.05, 3.63) is 0 Å². The summed E-state index contributed by atoms with van der Waals surface area (Å²) in [5.74, 6) is 0. The summed E-state index contributed by atoms with van der Waals surface area (Å²) in [5.41, 5.74) is 0. The zero-order chi connectivity index (χ0) is 8.20. The fraction of sp³-hybridized carbons (Fsp3) is 1.00. The van der Waals surface area contributed by atoms with Gasteiger partial charge >= 0.3 is 29.6 Å². The monoisotopic (exact) mass is 283 g/mol. The van der Waals surface area contributed by atoms with E-state index in [9.17, 15) is 14.4 Å². The van der Waals surface area contributed by atoms with Gasteiger partial charge in [0.2, 0.25) is 0 Å². The molecule has 102 valence electrons. The first-order valence-electron chi connectivity index (χ1n) is 2.41. The van der Waals surface area contributed by atoms with Gasteiger partial charge < -0.3 is 56.5 Å². The summed E-state index contributed by atoms with van der Waals surface area (Å²) in [6.07, 6.45) is -1.32. The average molecular weight is 283 g/mol. The minimum Gasteiger partial charge on any atom is -0.790 e. The van der Waals surface area contributed by atoms with Gasteiger partial charge in [-0.3, -0.25) is 0 Å². The second-order valence-electron chi connectivity index (χ2n) is 1.58. The van der Waals surface area contributed by atoms with Crippen LogP contribution in [-0.2, 0) is 9.09 Å². The van der Waals surface area contributed by atoms with Gasteiger partial charge in [-0.05, 0) is 0 Å². The van der Waals surface area contributed by atoms with Crippen LogP contribution in [0, 0.1) is 0 Å². The van der Waals surface area contributed by atoms with Gasteiger partial charge in [-0.25, -0.2) is 0 Å². The molecule has 0 saturated carbocycles. The predicted octanol–water partition coefficient (Wildman–Crippen LogP) is -9.93. The van der Waals surface area contributed by atoms with Crippen LogP contribution in [0.5, 0.6) is 0 Å². The smallest absolute Gasteiger partial charge is 0.790 e. The summed E-state index contributed by atoms with van der Waals surface area (Å²) in [6, 6.07) is 0. The molecular weight excluding hydrogens is 266 g/mol. The largest absolute Gasteiger partial charge is 1.00 e. The van der Waals surface area contributed by atoms with Crippen molar-refractivity contribution in [3.8, 4) is 0 Å². The van der Waals surface area contributed by atoms with E-state index in [1.165, 1.54) is 0 Å². The Hall–Kier alpha value is 0.830. The molecule has 13 heteroatoms. The Morgan fingerprint density at radius 3 is 1.62 bits per heavy atom. The first-order valence-corrected chi connectivity index (χ1v) is 3.87. The number of aliphatic hydroxyl groups excluding tert-OH is 2. The molecule has 16 heavy (non-hydrogen) atoms. The van der Waals surface area contributed by atoms with E-state index in [-0.39, 0.29) is 56.9 Å². The van der Waals surface area contributed by atoms with Crippen molar-refractivity contribution in [1.82, 2.24) is 0 Å². The van der Waals surface area contributed by atoms with Crippen molar-refractivity contribution >= 4 is 7.82 Å². The summed E-state index contributed by atoms with van der Waals surface area (Å²) >= 11 is 0. The number of hydrogen-bond acceptors (Lipinski definition) is 6. The molecular formula is C3H17NaO11P-. The predicted molar refractivity (Wildman–Crippen MR) is 44.7 cm³/mol. The SMILES string of the molecule is O.O.O.O.O.O=P([O-])([O-])OCC(O)CO.[Na+]. The molecule has 0 aromatic carbocycles. The number of phosphoric acid groups is 1. The fourth-order valence-corrected chi connectivity index (χ4v) is 0.585. The van der Waals surface area contributed by atoms with Gasteiger partial charge in [0.15, 0.2) is 0 Å². The molecule has 0 spiro atoms. The standard InChI is InChI=1S/C3H9O6P.Na.5H2O/c4-1-3(5)2-9-10(6,7)8;;;;;;/h3-5H,1-2H2,(H2,6,7,8);;5*1H2/q;+1;;;;;/p-2. The normalized spacial score (nSPS) is 9.50. The Labute approximate surface area is 113 Å². The Morgan fingerprint density at radius 2 is 1.44 bits per heavy atom. The summed E-state index contributed by atoms with van der Waals surface area (Å²) < 4.78 is 13.3. The van der Waals surface area contributed by atoms with Crippen LogP contribution < -0.4 is 39.3 Å². The molecule has 0 aliphatic carbocycles. The molecule has 0 bridgehead atoms. The zero-order valence-corrected chi connectivity index (χ0v) is 11.4. The molecule has 0 aromatic rings. The van der Waals surface area contributed by atoms with Crippen LogP contribution in [0.3, 0.4) is 0 Å². The van der Waals surface area contributed by atoms with Gasteiger partial charge in [0.05, 0.1) is 21.0 Å². The van der Waals surface area contributed by atoms with E-state index in [1.54, 1.807) is 0 Å². The molecule has 0 aliphatic heterocycles. The third kappa shape index (κ3) is 36.4. The van der Waals surface area contributed by atoms with Crippen LogP contribution in [0.2, 0.25) is 0 Å². The topological polar surface area (TPSA) is 270 Å². The van der Waals surface area contributed by atoms with Crippen LogP contribution in [-0.4, -0.2) is 56.9 Å². The molecule has 11 nitrogen and oxygen atoms in total. The van der Waals surface area contributed by atoms with E-state index in [4.69, 9.17) is 10.2 Å². The van der Waals surface area contributed by atoms with E-state index in [0.717, 1.165) is 0 Å². The van der Waals surface area contributed by atoms with Gasteiger partial charge in [-0.1, -0.05) is 0 Å². The molecule has 0 radical (unpaired) electrons. The van der Waals surface area contributed by atoms with Crippen molar-refractivity contribution in [3.63, 3.8) is 0 Å². The van der Waals surface area contributed by atoms with Crippen LogP contribution in [0.15, 0.2) is 0 Å². The van der Waals surface area contributed by atoms with Gasteiger partial charge in [0.25, 0.3) is 0 Å². The first kappa shape index (κ1) is 43.6. The maximum Gasteiger partial charge on any atom is 1.00 e. The quantitative estimate of drug-likeness (QED) is 0.372. The number of phosphoric ester groups is 1. The van der Waals surface area contributed by atoms with Crippen molar-refractivity contribution in [1.29, 1.82) is 0 Å². The fourth-order valence-electron chi connectivity index (χ4n) is 0.230. The van der Waals surface area contributed by atoms with Crippen LogP contribution in [0.4, 0.5) is 0 Å². The maximum absolute atomic E-state index is 9.71. The summed E-state index contributed by atoms with van der Waals surface area (Å²) in [6.45, 7) is -1.33. The third-order valence-corrected chi connectivity index (χ3v) is 1.10. The average Bonchev–Trinajstić information content (AvgIpc) is 1.81. The molecule has 0 fully saturated rings. The van der Waals surface area contributed by atoms with Crippen molar-refractivity contribution in [2.75, 3.05) is 13.2 Å². The Morgan fingerprint density at radius 1 is 1.12 bits per heavy atom. The van der Waals surface area contributed by atoms with Crippen molar-refractivity contribution in [2.24, 2.45) is 0 Å². The van der Waals surface area contributed by atoms with Crippen LogP contribution in [0.25, 0.3) is 0 Å². The Kier molecular flexibility index (Phi) is 57.7. The van der Waals surface area contributed by atoms with Gasteiger partial charge in [0, 0.05) is 0 Å². The van der Waals surface area contributed by atoms with Crippen molar-refractivity contribution < 1.29 is 86.0 Å². The number of hydrogen-bond donors (Lipinski definition) is 2. The number of aliphatic hydroxyl groups is 2. The summed E-state index contributed by atoms with van der Waals surface area (Å²) in [5, 5.41) is 16.6. The number of rotatable bonds is 4. The molecule has 1 unspecified atom stereocenters. The van der Waals surface area contributed by atoms with E-state index in [1.807, 2.05) is 0 Å². The second kappa shape index (κ2) is 21.1. The Bertz CT molecular complexity index is 137. The van der Waals surface area contributed by atoms with Crippen LogP contribution in [0.1, 0.15) is 0 Å². The van der Waals surface area contributed by atoms with E-state index in [0.29, 0.717) is 0 Å². The molecule has 1 atom stereocenters. The first-order chi connectivity index (χ1) is 4.45. The van der Waals surface area contributed by atoms with Crippen molar-refractivity contribution in [2.45, 2.75) is 6.10 Å². The van der Waals surface area contributed by atoms with E-state index < -0.39 is 27.1 Å². The minimum atomic E-state index is -5.00. The third-order valence-electron chi connectivity index (χ3n) is 0.636. The summed E-state index contributed by atoms with van der Waals surface area (Å²) in [7, 11) is -5.00. The Balaban J connectivity index is -0.0000000270. The van der Waals surface area contributed by atoms with Crippen LogP contribution >= 0.6 is 7.82 Å². The van der Waals surface area contributed by atoms with E-state index >= 15 is 0 Å². The minimum absolute atomic E-state index is 0. The van der Waals surface area contributed by atoms with Gasteiger partial charge in [-0.2, -0.15) is 0 Å². The molecule has 0 heterocycles. The molecule has 0 rings (SSSR count). The van der Waals surface area contributed by atoms with E-state index in [2.05, 4.69) is 4.52 Å². The van der Waals surface area contributed by atoms with Gasteiger partial charge in [0.1, 0.15) is 6.10 Å². The van der Waals surface area contributed by atoms with Gasteiger partial charge in [-0.15, -0.1) is 0 Å². The zero-order valence-electron chi connectivity index (χ0n) is 8.47. The molecule has 12 N–H and O–H groups in total. The maximum atomic E-state index is 9.71. The molecule has 0 saturated heterocycles. The summed E-state index contributed by atoms with van der Waals surface area (Å²) in [4.78, 5) is 19.4. The molecule has 0 amide bonds. The molecule has 0 aliphatic rings. The molecule has 0 aromatic heterocycles. The second-order valence-corrected chi connectivity index (χ2v) is 2.73.